The van der Waals surface area contributed by atoms with Crippen molar-refractivity contribution in [3.05, 3.63) is 65.2 Å². The van der Waals surface area contributed by atoms with Gasteiger partial charge in [-0.15, -0.1) is 0 Å². The molecule has 3 atom stereocenters. The highest BCUT2D eigenvalue weighted by molar-refractivity contribution is 6.38. The van der Waals surface area contributed by atoms with Crippen molar-refractivity contribution < 1.29 is 4.39 Å². The number of aromatic amines is 1. The second-order valence-corrected chi connectivity index (χ2v) is 9.88. The highest BCUT2D eigenvalue weighted by Crippen LogP contribution is 2.63. The van der Waals surface area contributed by atoms with Gasteiger partial charge in [-0.3, -0.25) is 9.78 Å². The maximum atomic E-state index is 14.6. The number of hydrogen-bond donors (Lipinski definition) is 2. The predicted molar refractivity (Wildman–Crippen MR) is 133 cm³/mol. The Morgan fingerprint density at radius 2 is 2.00 bits per heavy atom. The number of anilines is 1. The number of aromatic nitrogens is 6. The van der Waals surface area contributed by atoms with Gasteiger partial charge in [0.25, 0.3) is 0 Å². The summed E-state index contributed by atoms with van der Waals surface area (Å²) < 4.78 is 16.3. The molecule has 5 aromatic rings. The number of nitrogens with two attached hydrogens (primary N) is 1. The van der Waals surface area contributed by atoms with Gasteiger partial charge in [0, 0.05) is 49.2 Å². The van der Waals surface area contributed by atoms with Crippen LogP contribution in [0.1, 0.15) is 5.56 Å². The minimum absolute atomic E-state index is 0.174. The Kier molecular flexibility index (Phi) is 4.29. The van der Waals surface area contributed by atoms with Gasteiger partial charge in [0.05, 0.1) is 22.4 Å². The normalized spacial score (nSPS) is 23.4. The second kappa shape index (κ2) is 7.22. The van der Waals surface area contributed by atoms with Gasteiger partial charge in [0.2, 0.25) is 5.65 Å². The van der Waals surface area contributed by atoms with E-state index >= 15 is 0 Å². The van der Waals surface area contributed by atoms with Crippen LogP contribution in [-0.2, 0) is 12.5 Å². The van der Waals surface area contributed by atoms with E-state index in [-0.39, 0.29) is 11.2 Å². The minimum atomic E-state index is -0.291. The Labute approximate surface area is 204 Å². The zero-order chi connectivity index (χ0) is 23.9. The van der Waals surface area contributed by atoms with Crippen molar-refractivity contribution in [1.29, 1.82) is 0 Å². The van der Waals surface area contributed by atoms with E-state index in [0.717, 1.165) is 46.6 Å². The lowest BCUT2D eigenvalue weighted by Gasteiger charge is -2.27. The van der Waals surface area contributed by atoms with Crippen molar-refractivity contribution in [1.82, 2.24) is 29.9 Å². The Bertz CT molecular complexity index is 1610. The maximum absolute atomic E-state index is 14.6. The molecule has 2 aliphatic rings. The number of aryl methyl sites for hydroxylation is 1. The third kappa shape index (κ3) is 2.82. The molecule has 0 spiro atoms. The molecule has 10 heteroatoms. The number of halogens is 2. The lowest BCUT2D eigenvalue weighted by atomic mass is 9.89. The summed E-state index contributed by atoms with van der Waals surface area (Å²) in [5.74, 6) is 1.17. The van der Waals surface area contributed by atoms with Crippen LogP contribution in [0.2, 0.25) is 5.02 Å². The molecule has 1 saturated carbocycles. The Balaban J connectivity index is 1.18. The summed E-state index contributed by atoms with van der Waals surface area (Å²) >= 11 is 6.71. The fourth-order valence-electron chi connectivity index (χ4n) is 6.07. The summed E-state index contributed by atoms with van der Waals surface area (Å²) in [5.41, 5.74) is 10.2. The Hall–Kier alpha value is -3.56. The Morgan fingerprint density at radius 3 is 2.77 bits per heavy atom. The average molecular weight is 489 g/mol. The van der Waals surface area contributed by atoms with Gasteiger partial charge in [-0.25, -0.2) is 14.4 Å². The number of nitrogens with zero attached hydrogens (tertiary/aromatic N) is 6. The van der Waals surface area contributed by atoms with Crippen molar-refractivity contribution in [3.63, 3.8) is 0 Å². The monoisotopic (exact) mass is 488 g/mol. The molecule has 4 heterocycles. The maximum Gasteiger partial charge on any atom is 0.202 e. The first-order chi connectivity index (χ1) is 17.0. The van der Waals surface area contributed by atoms with Crippen molar-refractivity contribution >= 4 is 39.5 Å². The van der Waals surface area contributed by atoms with Gasteiger partial charge >= 0.3 is 0 Å². The van der Waals surface area contributed by atoms with Gasteiger partial charge in [0.15, 0.2) is 0 Å². The molecule has 1 saturated heterocycles. The number of H-pyrrole nitrogens is 1. The van der Waals surface area contributed by atoms with E-state index in [1.165, 1.54) is 6.07 Å². The molecule has 0 amide bonds. The molecule has 1 unspecified atom stereocenters. The first-order valence-corrected chi connectivity index (χ1v) is 11.9. The summed E-state index contributed by atoms with van der Waals surface area (Å²) in [7, 11) is 1.87. The van der Waals surface area contributed by atoms with Crippen LogP contribution < -0.4 is 10.6 Å². The molecule has 0 bridgehead atoms. The number of piperidine rings is 1. The number of nitrogens with one attached hydrogen (secondary N) is 1. The van der Waals surface area contributed by atoms with E-state index in [4.69, 9.17) is 27.3 Å². The van der Waals surface area contributed by atoms with E-state index in [1.54, 1.807) is 16.9 Å². The number of hydrogen-bond acceptors (Lipinski definition) is 6. The van der Waals surface area contributed by atoms with Crippen LogP contribution >= 0.6 is 11.6 Å². The molecule has 8 nitrogen and oxygen atoms in total. The minimum Gasteiger partial charge on any atom is -0.355 e. The van der Waals surface area contributed by atoms with Crippen molar-refractivity contribution in [2.45, 2.75) is 5.41 Å². The van der Waals surface area contributed by atoms with E-state index in [0.29, 0.717) is 34.6 Å². The fraction of sp³-hybridized carbons (Fsp3) is 0.280. The van der Waals surface area contributed by atoms with Gasteiger partial charge < -0.3 is 10.6 Å². The zero-order valence-corrected chi connectivity index (χ0v) is 19.7. The molecule has 1 aliphatic heterocycles. The fourth-order valence-corrected chi connectivity index (χ4v) is 6.37. The lowest BCUT2D eigenvalue weighted by Crippen LogP contribution is -2.35. The SMILES string of the molecule is Cn1cc2c(Cl)c(-c3[nH]nc4nc(N5C[C@@H]6[C@H](C5)C6(CN)c5ccccc5F)cnc34)ccc2n1. The summed E-state index contributed by atoms with van der Waals surface area (Å²) in [6.07, 6.45) is 3.67. The van der Waals surface area contributed by atoms with E-state index in [2.05, 4.69) is 20.2 Å². The molecule has 3 N–H and O–H groups in total. The van der Waals surface area contributed by atoms with Gasteiger partial charge in [-0.1, -0.05) is 29.8 Å². The molecule has 3 aromatic heterocycles. The van der Waals surface area contributed by atoms with E-state index in [9.17, 15) is 4.39 Å². The van der Waals surface area contributed by atoms with Crippen molar-refractivity contribution in [2.24, 2.45) is 24.6 Å². The first kappa shape index (κ1) is 20.8. The average Bonchev–Trinajstić information content (AvgIpc) is 3.31. The largest absolute Gasteiger partial charge is 0.355 e. The van der Waals surface area contributed by atoms with Gasteiger partial charge in [-0.05, 0) is 35.6 Å². The second-order valence-electron chi connectivity index (χ2n) is 9.50. The van der Waals surface area contributed by atoms with Crippen LogP contribution in [0.5, 0.6) is 0 Å². The quantitative estimate of drug-likeness (QED) is 0.400. The van der Waals surface area contributed by atoms with Crippen LogP contribution in [0.25, 0.3) is 33.3 Å². The van der Waals surface area contributed by atoms with Crippen LogP contribution in [0.15, 0.2) is 48.8 Å². The van der Waals surface area contributed by atoms with Crippen LogP contribution in [0.3, 0.4) is 0 Å². The standard InChI is InChI=1S/C25H22ClFN8/c1-34-9-14-19(33-34)7-6-13(21(14)26)22-23-24(32-31-22)30-20(8-29-23)35-10-16-17(11-35)25(16,12-28)15-4-2-3-5-18(15)27/h2-9,16-17H,10-12,28H2,1H3,(H,30,31,32)/t16-,17+,25?. The topological polar surface area (TPSA) is 102 Å². The van der Waals surface area contributed by atoms with Crippen molar-refractivity contribution in [2.75, 3.05) is 24.5 Å². The highest BCUT2D eigenvalue weighted by Gasteiger charge is 2.68. The summed E-state index contributed by atoms with van der Waals surface area (Å²) in [5, 5.41) is 13.4. The molecule has 2 aromatic carbocycles. The van der Waals surface area contributed by atoms with Crippen LogP contribution in [-0.4, -0.2) is 49.6 Å². The van der Waals surface area contributed by atoms with Gasteiger partial charge in [-0.2, -0.15) is 10.2 Å². The Morgan fingerprint density at radius 1 is 1.20 bits per heavy atom. The van der Waals surface area contributed by atoms with Crippen LogP contribution in [0.4, 0.5) is 10.2 Å². The predicted octanol–water partition coefficient (Wildman–Crippen LogP) is 3.66. The van der Waals surface area contributed by atoms with E-state index in [1.807, 2.05) is 37.5 Å². The van der Waals surface area contributed by atoms with Crippen LogP contribution in [0, 0.1) is 17.7 Å². The summed E-state index contributed by atoms with van der Waals surface area (Å²) in [6, 6.07) is 10.8. The molecule has 2 fully saturated rings. The first-order valence-electron chi connectivity index (χ1n) is 11.5. The number of fused-ring (bicyclic) bond motifs is 3. The van der Waals surface area contributed by atoms with Crippen molar-refractivity contribution in [3.8, 4) is 11.3 Å². The van der Waals surface area contributed by atoms with Gasteiger partial charge in [0.1, 0.15) is 17.2 Å². The third-order valence-corrected chi connectivity index (χ3v) is 8.24. The highest BCUT2D eigenvalue weighted by atomic mass is 35.5. The molecule has 176 valence electrons. The third-order valence-electron chi connectivity index (χ3n) is 7.83. The lowest BCUT2D eigenvalue weighted by molar-refractivity contribution is 0.509. The molecular weight excluding hydrogens is 467 g/mol. The zero-order valence-electron chi connectivity index (χ0n) is 18.9. The molecule has 0 radical (unpaired) electrons. The number of rotatable bonds is 4. The number of benzene rings is 2. The smallest absolute Gasteiger partial charge is 0.202 e. The molecule has 35 heavy (non-hydrogen) atoms. The summed E-state index contributed by atoms with van der Waals surface area (Å²) in [6.45, 7) is 1.96. The molecule has 1 aliphatic carbocycles. The molecular formula is C25H22ClFN8. The summed E-state index contributed by atoms with van der Waals surface area (Å²) in [4.78, 5) is 11.7. The van der Waals surface area contributed by atoms with E-state index < -0.39 is 0 Å². The molecule has 7 rings (SSSR count).